The second-order valence-corrected chi connectivity index (χ2v) is 7.27. The topological polar surface area (TPSA) is 84.9 Å². The standard InChI is InChI=1S/C20H30N2O5/c1-7-16(18(24)26-6)22(13-15-11-9-8-10-12-15)17(23)14(2)21-19(25)27-20(3,4)5/h8-12,14,16H,7,13H2,1-6H3,(H,21,25)/t14-,16+/m0/s1. The Kier molecular flexibility index (Phi) is 8.28. The molecule has 150 valence electrons. The highest BCUT2D eigenvalue weighted by Gasteiger charge is 2.33. The summed E-state index contributed by atoms with van der Waals surface area (Å²) < 4.78 is 10.1. The van der Waals surface area contributed by atoms with Crippen molar-refractivity contribution in [1.82, 2.24) is 10.2 Å². The summed E-state index contributed by atoms with van der Waals surface area (Å²) in [6.45, 7) is 8.82. The number of hydrogen-bond donors (Lipinski definition) is 1. The van der Waals surface area contributed by atoms with Gasteiger partial charge in [0.25, 0.3) is 0 Å². The smallest absolute Gasteiger partial charge is 0.408 e. The summed E-state index contributed by atoms with van der Waals surface area (Å²) in [4.78, 5) is 38.6. The molecule has 0 saturated carbocycles. The average molecular weight is 378 g/mol. The number of esters is 1. The molecule has 0 aliphatic rings. The number of carbonyl (C=O) groups is 3. The lowest BCUT2D eigenvalue weighted by atomic mass is 10.1. The number of amides is 2. The lowest BCUT2D eigenvalue weighted by Gasteiger charge is -2.32. The van der Waals surface area contributed by atoms with Crippen LogP contribution >= 0.6 is 0 Å². The van der Waals surface area contributed by atoms with E-state index in [-0.39, 0.29) is 12.5 Å². The Bertz CT molecular complexity index is 640. The molecule has 0 aromatic heterocycles. The first kappa shape index (κ1) is 22.5. The zero-order chi connectivity index (χ0) is 20.6. The van der Waals surface area contributed by atoms with Gasteiger partial charge in [-0.25, -0.2) is 9.59 Å². The molecule has 0 heterocycles. The molecule has 7 heteroatoms. The first-order valence-electron chi connectivity index (χ1n) is 9.00. The van der Waals surface area contributed by atoms with Crippen LogP contribution in [0.2, 0.25) is 0 Å². The summed E-state index contributed by atoms with van der Waals surface area (Å²) in [5, 5.41) is 2.53. The molecule has 1 aromatic rings. The van der Waals surface area contributed by atoms with E-state index in [4.69, 9.17) is 9.47 Å². The number of alkyl carbamates (subject to hydrolysis) is 1. The SMILES string of the molecule is CC[C@H](C(=O)OC)N(Cc1ccccc1)C(=O)[C@H](C)NC(=O)OC(C)(C)C. The largest absolute Gasteiger partial charge is 0.467 e. The van der Waals surface area contributed by atoms with Crippen LogP contribution in [0.15, 0.2) is 30.3 Å². The van der Waals surface area contributed by atoms with E-state index in [2.05, 4.69) is 5.32 Å². The van der Waals surface area contributed by atoms with Gasteiger partial charge in [-0.05, 0) is 39.7 Å². The number of ether oxygens (including phenoxy) is 2. The Labute approximate surface area is 161 Å². The second-order valence-electron chi connectivity index (χ2n) is 7.27. The third-order valence-electron chi connectivity index (χ3n) is 3.82. The van der Waals surface area contributed by atoms with Crippen molar-refractivity contribution in [3.8, 4) is 0 Å². The third kappa shape index (κ3) is 7.29. The van der Waals surface area contributed by atoms with E-state index in [1.165, 1.54) is 12.0 Å². The fraction of sp³-hybridized carbons (Fsp3) is 0.550. The number of benzene rings is 1. The molecule has 27 heavy (non-hydrogen) atoms. The maximum Gasteiger partial charge on any atom is 0.408 e. The quantitative estimate of drug-likeness (QED) is 0.738. The fourth-order valence-corrected chi connectivity index (χ4v) is 2.57. The first-order chi connectivity index (χ1) is 12.6. The Hall–Kier alpha value is -2.57. The summed E-state index contributed by atoms with van der Waals surface area (Å²) >= 11 is 0. The number of carbonyl (C=O) groups excluding carboxylic acids is 3. The monoisotopic (exact) mass is 378 g/mol. The van der Waals surface area contributed by atoms with E-state index in [1.807, 2.05) is 30.3 Å². The molecule has 0 bridgehead atoms. The van der Waals surface area contributed by atoms with Gasteiger partial charge in [-0.1, -0.05) is 37.3 Å². The normalized spacial score (nSPS) is 13.3. The van der Waals surface area contributed by atoms with Gasteiger partial charge in [0.05, 0.1) is 7.11 Å². The summed E-state index contributed by atoms with van der Waals surface area (Å²) in [7, 11) is 1.29. The predicted molar refractivity (Wildman–Crippen MR) is 102 cm³/mol. The summed E-state index contributed by atoms with van der Waals surface area (Å²) in [5.41, 5.74) is 0.201. The van der Waals surface area contributed by atoms with Crippen LogP contribution in [0.4, 0.5) is 4.79 Å². The molecule has 0 spiro atoms. The van der Waals surface area contributed by atoms with E-state index >= 15 is 0 Å². The van der Waals surface area contributed by atoms with E-state index in [1.54, 1.807) is 34.6 Å². The summed E-state index contributed by atoms with van der Waals surface area (Å²) in [6.07, 6.45) is -0.293. The maximum absolute atomic E-state index is 13.0. The molecule has 0 fully saturated rings. The molecule has 0 unspecified atom stereocenters. The number of nitrogens with zero attached hydrogens (tertiary/aromatic N) is 1. The minimum Gasteiger partial charge on any atom is -0.467 e. The molecule has 0 saturated heterocycles. The van der Waals surface area contributed by atoms with Crippen LogP contribution in [-0.2, 0) is 25.6 Å². The minimum atomic E-state index is -0.859. The zero-order valence-corrected chi connectivity index (χ0v) is 16.9. The molecule has 1 rings (SSSR count). The van der Waals surface area contributed by atoms with Crippen LogP contribution in [0.25, 0.3) is 0 Å². The molecule has 0 aliphatic carbocycles. The van der Waals surface area contributed by atoms with Gasteiger partial charge < -0.3 is 19.7 Å². The molecule has 0 radical (unpaired) electrons. The van der Waals surface area contributed by atoms with Crippen molar-refractivity contribution in [3.05, 3.63) is 35.9 Å². The van der Waals surface area contributed by atoms with E-state index < -0.39 is 29.7 Å². The van der Waals surface area contributed by atoms with E-state index in [0.717, 1.165) is 5.56 Å². The van der Waals surface area contributed by atoms with Gasteiger partial charge in [-0.15, -0.1) is 0 Å². The van der Waals surface area contributed by atoms with Crippen molar-refractivity contribution < 1.29 is 23.9 Å². The van der Waals surface area contributed by atoms with Crippen LogP contribution in [0, 0.1) is 0 Å². The number of methoxy groups -OCH3 is 1. The highest BCUT2D eigenvalue weighted by Crippen LogP contribution is 2.15. The Morgan fingerprint density at radius 3 is 2.22 bits per heavy atom. The van der Waals surface area contributed by atoms with Gasteiger partial charge in [0.15, 0.2) is 0 Å². The van der Waals surface area contributed by atoms with Crippen LogP contribution < -0.4 is 5.32 Å². The van der Waals surface area contributed by atoms with Gasteiger partial charge in [-0.2, -0.15) is 0 Å². The van der Waals surface area contributed by atoms with Crippen LogP contribution in [0.5, 0.6) is 0 Å². The first-order valence-corrected chi connectivity index (χ1v) is 9.00. The maximum atomic E-state index is 13.0. The van der Waals surface area contributed by atoms with Gasteiger partial charge in [0, 0.05) is 6.54 Å². The van der Waals surface area contributed by atoms with Gasteiger partial charge in [-0.3, -0.25) is 4.79 Å². The lowest BCUT2D eigenvalue weighted by Crippen LogP contribution is -2.53. The second kappa shape index (κ2) is 9.94. The number of nitrogens with one attached hydrogen (secondary N) is 1. The van der Waals surface area contributed by atoms with Gasteiger partial charge >= 0.3 is 12.1 Å². The van der Waals surface area contributed by atoms with Crippen LogP contribution in [0.1, 0.15) is 46.6 Å². The van der Waals surface area contributed by atoms with Crippen molar-refractivity contribution in [2.24, 2.45) is 0 Å². The molecular formula is C20H30N2O5. The van der Waals surface area contributed by atoms with Gasteiger partial charge in [0.2, 0.25) is 5.91 Å². The number of hydrogen-bond acceptors (Lipinski definition) is 5. The highest BCUT2D eigenvalue weighted by atomic mass is 16.6. The Balaban J connectivity index is 3.00. The minimum absolute atomic E-state index is 0.230. The van der Waals surface area contributed by atoms with Crippen molar-refractivity contribution >= 4 is 18.0 Å². The Morgan fingerprint density at radius 1 is 1.15 bits per heavy atom. The van der Waals surface area contributed by atoms with Crippen LogP contribution in [0.3, 0.4) is 0 Å². The molecule has 0 aliphatic heterocycles. The summed E-state index contributed by atoms with van der Waals surface area (Å²) in [6, 6.07) is 7.73. The molecule has 1 aromatic carbocycles. The summed E-state index contributed by atoms with van der Waals surface area (Å²) in [5.74, 6) is -0.881. The van der Waals surface area contributed by atoms with Crippen molar-refractivity contribution in [3.63, 3.8) is 0 Å². The van der Waals surface area contributed by atoms with Crippen LogP contribution in [-0.4, -0.2) is 47.7 Å². The number of rotatable bonds is 7. The Morgan fingerprint density at radius 2 is 1.74 bits per heavy atom. The average Bonchev–Trinajstić information content (AvgIpc) is 2.59. The highest BCUT2D eigenvalue weighted by molar-refractivity contribution is 5.89. The molecule has 2 atom stereocenters. The van der Waals surface area contributed by atoms with Crippen molar-refractivity contribution in [2.75, 3.05) is 7.11 Å². The third-order valence-corrected chi connectivity index (χ3v) is 3.82. The van der Waals surface area contributed by atoms with Gasteiger partial charge in [0.1, 0.15) is 17.7 Å². The molecule has 1 N–H and O–H groups in total. The van der Waals surface area contributed by atoms with E-state index in [0.29, 0.717) is 6.42 Å². The van der Waals surface area contributed by atoms with Crippen molar-refractivity contribution in [2.45, 2.75) is 65.3 Å². The zero-order valence-electron chi connectivity index (χ0n) is 16.9. The van der Waals surface area contributed by atoms with Crippen molar-refractivity contribution in [1.29, 1.82) is 0 Å². The lowest BCUT2D eigenvalue weighted by molar-refractivity contribution is -0.154. The fourth-order valence-electron chi connectivity index (χ4n) is 2.57. The molecule has 7 nitrogen and oxygen atoms in total. The molecule has 2 amide bonds. The predicted octanol–water partition coefficient (Wildman–Crippen LogP) is 2.88. The molecular weight excluding hydrogens is 348 g/mol. The van der Waals surface area contributed by atoms with E-state index in [9.17, 15) is 14.4 Å².